The fraction of sp³-hybridized carbons (Fsp3) is 0.375. The summed E-state index contributed by atoms with van der Waals surface area (Å²) < 4.78 is 0. The maximum absolute atomic E-state index is 4.65. The Bertz CT molecular complexity index is 624. The molecule has 1 aromatic heterocycles. The van der Waals surface area contributed by atoms with Crippen molar-refractivity contribution < 1.29 is 0 Å². The van der Waals surface area contributed by atoms with Crippen molar-refractivity contribution in [2.24, 2.45) is 5.92 Å². The van der Waals surface area contributed by atoms with Crippen molar-refractivity contribution in [3.05, 3.63) is 41.6 Å². The fourth-order valence-corrected chi connectivity index (χ4v) is 2.82. The molecule has 1 aliphatic heterocycles. The highest BCUT2D eigenvalue weighted by atomic mass is 15.2. The van der Waals surface area contributed by atoms with E-state index in [1.807, 2.05) is 13.2 Å². The average Bonchev–Trinajstić information content (AvgIpc) is 2.47. The van der Waals surface area contributed by atoms with Gasteiger partial charge in [0, 0.05) is 31.0 Å². The Labute approximate surface area is 119 Å². The quantitative estimate of drug-likeness (QED) is 0.908. The molecule has 2 heterocycles. The first-order chi connectivity index (χ1) is 9.69. The molecular weight excluding hydrogens is 248 g/mol. The van der Waals surface area contributed by atoms with E-state index < -0.39 is 0 Å². The number of nitrogens with one attached hydrogen (secondary N) is 1. The molecule has 20 heavy (non-hydrogen) atoms. The summed E-state index contributed by atoms with van der Waals surface area (Å²) in [6.07, 6.45) is 3.02. The van der Waals surface area contributed by atoms with Gasteiger partial charge in [-0.25, -0.2) is 4.98 Å². The zero-order chi connectivity index (χ0) is 14.1. The summed E-state index contributed by atoms with van der Waals surface area (Å²) >= 11 is 0. The molecule has 0 aliphatic carbocycles. The molecule has 4 nitrogen and oxygen atoms in total. The van der Waals surface area contributed by atoms with Crippen LogP contribution in [0.15, 0.2) is 30.5 Å². The minimum atomic E-state index is 0.623. The summed E-state index contributed by atoms with van der Waals surface area (Å²) in [4.78, 5) is 11.3. The van der Waals surface area contributed by atoms with Crippen molar-refractivity contribution in [2.75, 3.05) is 23.8 Å². The number of benzene rings is 1. The van der Waals surface area contributed by atoms with Crippen LogP contribution in [0.5, 0.6) is 0 Å². The van der Waals surface area contributed by atoms with Crippen LogP contribution in [0.4, 0.5) is 17.5 Å². The van der Waals surface area contributed by atoms with Gasteiger partial charge in [-0.3, -0.25) is 0 Å². The van der Waals surface area contributed by atoms with Crippen molar-refractivity contribution in [3.63, 3.8) is 0 Å². The topological polar surface area (TPSA) is 41.1 Å². The summed E-state index contributed by atoms with van der Waals surface area (Å²) in [5.41, 5.74) is 3.78. The Morgan fingerprint density at radius 2 is 2.10 bits per heavy atom. The second-order valence-corrected chi connectivity index (χ2v) is 5.50. The van der Waals surface area contributed by atoms with E-state index in [1.165, 1.54) is 11.3 Å². The standard InChI is InChI=1S/C16H20N4/c1-11-8-13-6-4-5-7-14(13)20(10-11)15-12(2)9-18-16(17-3)19-15/h4-7,9,11H,8,10H2,1-3H3,(H,17,18,19). The van der Waals surface area contributed by atoms with Gasteiger partial charge in [0.1, 0.15) is 5.82 Å². The first-order valence-corrected chi connectivity index (χ1v) is 7.06. The van der Waals surface area contributed by atoms with Crippen molar-refractivity contribution in [2.45, 2.75) is 20.3 Å². The summed E-state index contributed by atoms with van der Waals surface area (Å²) in [5.74, 6) is 2.29. The van der Waals surface area contributed by atoms with E-state index in [2.05, 4.69) is 58.3 Å². The number of para-hydroxylation sites is 1. The van der Waals surface area contributed by atoms with Crippen LogP contribution >= 0.6 is 0 Å². The van der Waals surface area contributed by atoms with Crippen molar-refractivity contribution in [1.29, 1.82) is 0 Å². The number of anilines is 3. The van der Waals surface area contributed by atoms with E-state index in [4.69, 9.17) is 0 Å². The van der Waals surface area contributed by atoms with Crippen LogP contribution in [0.3, 0.4) is 0 Å². The van der Waals surface area contributed by atoms with Gasteiger partial charge in [0.2, 0.25) is 5.95 Å². The number of hydrogen-bond acceptors (Lipinski definition) is 4. The van der Waals surface area contributed by atoms with Gasteiger partial charge < -0.3 is 10.2 Å². The SMILES string of the molecule is CNc1ncc(C)c(N2CC(C)Cc3ccccc32)n1. The third-order valence-corrected chi connectivity index (χ3v) is 3.77. The van der Waals surface area contributed by atoms with Gasteiger partial charge in [0.05, 0.1) is 0 Å². The van der Waals surface area contributed by atoms with Gasteiger partial charge in [-0.1, -0.05) is 25.1 Å². The molecule has 0 fully saturated rings. The lowest BCUT2D eigenvalue weighted by atomic mass is 9.94. The maximum atomic E-state index is 4.65. The molecule has 104 valence electrons. The molecule has 1 unspecified atom stereocenters. The van der Waals surface area contributed by atoms with Gasteiger partial charge >= 0.3 is 0 Å². The highest BCUT2D eigenvalue weighted by molar-refractivity contribution is 5.68. The van der Waals surface area contributed by atoms with E-state index in [0.717, 1.165) is 24.3 Å². The lowest BCUT2D eigenvalue weighted by molar-refractivity contribution is 0.559. The van der Waals surface area contributed by atoms with Gasteiger partial charge in [-0.2, -0.15) is 4.98 Å². The number of fused-ring (bicyclic) bond motifs is 1. The maximum Gasteiger partial charge on any atom is 0.224 e. The monoisotopic (exact) mass is 268 g/mol. The first-order valence-electron chi connectivity index (χ1n) is 7.06. The summed E-state index contributed by atoms with van der Waals surface area (Å²) in [6.45, 7) is 5.35. The molecule has 0 spiro atoms. The highest BCUT2D eigenvalue weighted by Crippen LogP contribution is 2.35. The predicted molar refractivity (Wildman–Crippen MR) is 82.6 cm³/mol. The molecule has 0 saturated heterocycles. The van der Waals surface area contributed by atoms with Crippen LogP contribution < -0.4 is 10.2 Å². The molecule has 4 heteroatoms. The van der Waals surface area contributed by atoms with Crippen LogP contribution in [0, 0.1) is 12.8 Å². The summed E-state index contributed by atoms with van der Waals surface area (Å²) in [5, 5.41) is 3.02. The zero-order valence-electron chi connectivity index (χ0n) is 12.2. The smallest absolute Gasteiger partial charge is 0.224 e. The first kappa shape index (κ1) is 12.9. The van der Waals surface area contributed by atoms with E-state index in [9.17, 15) is 0 Å². The molecule has 1 aromatic carbocycles. The Balaban J connectivity index is 2.10. The van der Waals surface area contributed by atoms with Gasteiger partial charge in [0.15, 0.2) is 0 Å². The van der Waals surface area contributed by atoms with Crippen LogP contribution in [0.25, 0.3) is 0 Å². The normalized spacial score (nSPS) is 17.8. The molecule has 1 aliphatic rings. The van der Waals surface area contributed by atoms with Gasteiger partial charge in [0.25, 0.3) is 0 Å². The Hall–Kier alpha value is -2.10. The number of hydrogen-bond donors (Lipinski definition) is 1. The van der Waals surface area contributed by atoms with Gasteiger partial charge in [-0.05, 0) is 30.9 Å². The van der Waals surface area contributed by atoms with E-state index >= 15 is 0 Å². The largest absolute Gasteiger partial charge is 0.357 e. The van der Waals surface area contributed by atoms with E-state index in [1.54, 1.807) is 0 Å². The Morgan fingerprint density at radius 1 is 1.30 bits per heavy atom. The third kappa shape index (κ3) is 2.22. The van der Waals surface area contributed by atoms with Crippen LogP contribution in [-0.2, 0) is 6.42 Å². The predicted octanol–water partition coefficient (Wildman–Crippen LogP) is 3.16. The average molecular weight is 268 g/mol. The summed E-state index contributed by atoms with van der Waals surface area (Å²) in [7, 11) is 1.85. The van der Waals surface area contributed by atoms with Crippen molar-refractivity contribution >= 4 is 17.5 Å². The minimum absolute atomic E-state index is 0.623. The molecule has 1 N–H and O–H groups in total. The molecular formula is C16H20N4. The number of nitrogens with zero attached hydrogens (tertiary/aromatic N) is 3. The molecule has 0 saturated carbocycles. The second-order valence-electron chi connectivity index (χ2n) is 5.50. The molecule has 0 radical (unpaired) electrons. The number of aromatic nitrogens is 2. The van der Waals surface area contributed by atoms with E-state index in [0.29, 0.717) is 11.9 Å². The molecule has 0 bridgehead atoms. The number of aryl methyl sites for hydroxylation is 1. The molecule has 0 amide bonds. The second kappa shape index (κ2) is 5.12. The van der Waals surface area contributed by atoms with Gasteiger partial charge in [-0.15, -0.1) is 0 Å². The molecule has 2 aromatic rings. The lowest BCUT2D eigenvalue weighted by Gasteiger charge is -2.34. The minimum Gasteiger partial charge on any atom is -0.357 e. The van der Waals surface area contributed by atoms with Crippen molar-refractivity contribution in [1.82, 2.24) is 9.97 Å². The van der Waals surface area contributed by atoms with Crippen LogP contribution in [0.1, 0.15) is 18.1 Å². The summed E-state index contributed by atoms with van der Waals surface area (Å²) in [6, 6.07) is 8.60. The van der Waals surface area contributed by atoms with Crippen LogP contribution in [0.2, 0.25) is 0 Å². The zero-order valence-corrected chi connectivity index (χ0v) is 12.2. The lowest BCUT2D eigenvalue weighted by Crippen LogP contribution is -2.31. The highest BCUT2D eigenvalue weighted by Gasteiger charge is 2.24. The van der Waals surface area contributed by atoms with E-state index in [-0.39, 0.29) is 0 Å². The number of rotatable bonds is 2. The Kier molecular flexibility index (Phi) is 3.30. The Morgan fingerprint density at radius 3 is 2.90 bits per heavy atom. The van der Waals surface area contributed by atoms with Crippen molar-refractivity contribution in [3.8, 4) is 0 Å². The van der Waals surface area contributed by atoms with Crippen LogP contribution in [-0.4, -0.2) is 23.6 Å². The fourth-order valence-electron chi connectivity index (χ4n) is 2.82. The molecule has 3 rings (SSSR count). The third-order valence-electron chi connectivity index (χ3n) is 3.77. The molecule has 1 atom stereocenters.